The number of rotatable bonds is 16. The average Bonchev–Trinajstić information content (AvgIpc) is 2.78. The van der Waals surface area contributed by atoms with Crippen LogP contribution >= 0.6 is 7.60 Å². The Bertz CT molecular complexity index is 818. The van der Waals surface area contributed by atoms with Gasteiger partial charge >= 0.3 is 7.60 Å². The van der Waals surface area contributed by atoms with Gasteiger partial charge in [0.2, 0.25) is 0 Å². The van der Waals surface area contributed by atoms with Gasteiger partial charge in [0, 0.05) is 17.6 Å². The van der Waals surface area contributed by atoms with Gasteiger partial charge in [-0.3, -0.25) is 4.57 Å². The molecule has 4 aliphatic rings. The maximum Gasteiger partial charge on any atom is 0.325 e. The molecule has 0 aliphatic heterocycles. The van der Waals surface area contributed by atoms with Crippen molar-refractivity contribution in [3.8, 4) is 11.5 Å². The van der Waals surface area contributed by atoms with Crippen LogP contribution in [0.15, 0.2) is 18.2 Å². The zero-order valence-corrected chi connectivity index (χ0v) is 22.0. The fourth-order valence-corrected chi connectivity index (χ4v) is 7.87. The fraction of sp³-hybridized carbons (Fsp3) is 0.786. The van der Waals surface area contributed by atoms with Crippen LogP contribution in [0.4, 0.5) is 4.39 Å². The number of unbranched alkanes of at least 4 members (excludes halogenated alkanes) is 8. The average molecular weight is 511 g/mol. The first-order valence-electron chi connectivity index (χ1n) is 13.9. The number of halogens is 1. The molecule has 2 N–H and O–H groups in total. The summed E-state index contributed by atoms with van der Waals surface area (Å²) >= 11 is 0. The molecule has 0 amide bonds. The first-order chi connectivity index (χ1) is 16.8. The van der Waals surface area contributed by atoms with Crippen LogP contribution in [-0.4, -0.2) is 29.2 Å². The van der Waals surface area contributed by atoms with E-state index in [1.807, 2.05) is 6.07 Å². The second-order valence-electron chi connectivity index (χ2n) is 11.7. The quantitative estimate of drug-likeness (QED) is 0.178. The maximum absolute atomic E-state index is 14.6. The SMILES string of the molecule is O=P(O)(O)CCCCCCCCCCCOc1ccc(OC[C@]23CC4C[C@H](C[C@@H](C4)C2)C3)cc1F. The minimum atomic E-state index is -3.83. The van der Waals surface area contributed by atoms with Crippen LogP contribution in [0.5, 0.6) is 11.5 Å². The Labute approximate surface area is 210 Å². The highest BCUT2D eigenvalue weighted by molar-refractivity contribution is 7.51. The van der Waals surface area contributed by atoms with E-state index in [-0.39, 0.29) is 12.0 Å². The molecule has 0 unspecified atom stereocenters. The van der Waals surface area contributed by atoms with E-state index in [2.05, 4.69) is 0 Å². The number of hydrogen-bond acceptors (Lipinski definition) is 3. The molecule has 0 aromatic heterocycles. The maximum atomic E-state index is 14.6. The van der Waals surface area contributed by atoms with Crippen LogP contribution in [0.3, 0.4) is 0 Å². The van der Waals surface area contributed by atoms with E-state index in [0.717, 1.165) is 75.7 Å². The van der Waals surface area contributed by atoms with E-state index in [1.54, 1.807) is 6.07 Å². The van der Waals surface area contributed by atoms with E-state index in [1.165, 1.54) is 44.6 Å². The van der Waals surface area contributed by atoms with Crippen molar-refractivity contribution in [2.75, 3.05) is 19.4 Å². The molecule has 1 aromatic rings. The van der Waals surface area contributed by atoms with Gasteiger partial charge in [-0.15, -0.1) is 0 Å². The van der Waals surface area contributed by atoms with Gasteiger partial charge in [0.15, 0.2) is 11.6 Å². The molecule has 0 atom stereocenters. The number of hydrogen-bond donors (Lipinski definition) is 2. The predicted octanol–water partition coefficient (Wildman–Crippen LogP) is 7.49. The van der Waals surface area contributed by atoms with Gasteiger partial charge in [-0.2, -0.15) is 0 Å². The molecule has 198 valence electrons. The third-order valence-corrected chi connectivity index (χ3v) is 9.36. The first kappa shape index (κ1) is 26.9. The third kappa shape index (κ3) is 8.47. The summed E-state index contributed by atoms with van der Waals surface area (Å²) in [5.74, 6) is 3.27. The van der Waals surface area contributed by atoms with Crippen LogP contribution in [-0.2, 0) is 4.57 Å². The van der Waals surface area contributed by atoms with Crippen LogP contribution in [0.2, 0.25) is 0 Å². The third-order valence-electron chi connectivity index (χ3n) is 8.46. The molecule has 4 fully saturated rings. The van der Waals surface area contributed by atoms with Crippen LogP contribution in [0, 0.1) is 29.0 Å². The smallest absolute Gasteiger partial charge is 0.325 e. The monoisotopic (exact) mass is 510 g/mol. The standard InChI is InChI=1S/C28H44FO5P/c29-26-17-25(34-21-28-18-22-14-23(19-28)16-24(15-22)20-28)10-11-27(26)33-12-8-6-4-2-1-3-5-7-9-13-35(30,31)32/h10-11,17,22-24H,1-9,12-16,18-21H2,(H2,30,31,32)/t22-,23-,24?,28-/m0/s1. The summed E-state index contributed by atoms with van der Waals surface area (Å²) in [6.07, 6.45) is 17.2. The predicted molar refractivity (Wildman–Crippen MR) is 136 cm³/mol. The van der Waals surface area contributed by atoms with Crippen molar-refractivity contribution in [3.63, 3.8) is 0 Å². The second kappa shape index (κ2) is 12.4. The summed E-state index contributed by atoms with van der Waals surface area (Å²) in [6, 6.07) is 5.03. The van der Waals surface area contributed by atoms with Crippen molar-refractivity contribution in [1.29, 1.82) is 0 Å². The van der Waals surface area contributed by atoms with E-state index < -0.39 is 7.60 Å². The molecule has 7 heteroatoms. The van der Waals surface area contributed by atoms with Crippen molar-refractivity contribution in [1.82, 2.24) is 0 Å². The Morgan fingerprint density at radius 2 is 1.37 bits per heavy atom. The lowest BCUT2D eigenvalue weighted by molar-refractivity contribution is -0.0745. The van der Waals surface area contributed by atoms with Gasteiger partial charge in [0.05, 0.1) is 13.2 Å². The molecule has 5 rings (SSSR count). The Morgan fingerprint density at radius 1 is 0.829 bits per heavy atom. The zero-order valence-electron chi connectivity index (χ0n) is 21.1. The van der Waals surface area contributed by atoms with E-state index in [9.17, 15) is 8.96 Å². The van der Waals surface area contributed by atoms with Crippen molar-refractivity contribution < 1.29 is 28.2 Å². The first-order valence-corrected chi connectivity index (χ1v) is 15.7. The highest BCUT2D eigenvalue weighted by Crippen LogP contribution is 2.60. The summed E-state index contributed by atoms with van der Waals surface area (Å²) in [5, 5.41) is 0. The minimum absolute atomic E-state index is 0.00515. The lowest BCUT2D eigenvalue weighted by Crippen LogP contribution is -2.48. The van der Waals surface area contributed by atoms with Crippen molar-refractivity contribution in [2.24, 2.45) is 23.2 Å². The molecular weight excluding hydrogens is 466 g/mol. The van der Waals surface area contributed by atoms with Gasteiger partial charge in [0.1, 0.15) is 5.75 Å². The van der Waals surface area contributed by atoms with Crippen molar-refractivity contribution in [2.45, 2.75) is 96.3 Å². The summed E-state index contributed by atoms with van der Waals surface area (Å²) < 4.78 is 37.2. The highest BCUT2D eigenvalue weighted by atomic mass is 31.2. The molecule has 0 radical (unpaired) electrons. The molecule has 4 aliphatic carbocycles. The fourth-order valence-electron chi connectivity index (χ4n) is 7.23. The van der Waals surface area contributed by atoms with Crippen LogP contribution < -0.4 is 9.47 Å². The van der Waals surface area contributed by atoms with Gasteiger partial charge in [-0.05, 0) is 81.3 Å². The normalized spacial score (nSPS) is 27.3. The Balaban J connectivity index is 1.05. The van der Waals surface area contributed by atoms with Gasteiger partial charge in [-0.25, -0.2) is 4.39 Å². The summed E-state index contributed by atoms with van der Waals surface area (Å²) in [7, 11) is -3.83. The van der Waals surface area contributed by atoms with E-state index in [4.69, 9.17) is 19.3 Å². The number of ether oxygens (including phenoxy) is 2. The Kier molecular flexibility index (Phi) is 9.57. The molecule has 0 heterocycles. The van der Waals surface area contributed by atoms with Crippen molar-refractivity contribution >= 4 is 7.60 Å². The number of benzene rings is 1. The van der Waals surface area contributed by atoms with Gasteiger partial charge in [0.25, 0.3) is 0 Å². The summed E-state index contributed by atoms with van der Waals surface area (Å²) in [5.41, 5.74) is 0.325. The molecule has 4 saturated carbocycles. The molecule has 1 aromatic carbocycles. The Morgan fingerprint density at radius 3 is 1.91 bits per heavy atom. The molecular formula is C28H44FO5P. The lowest BCUT2D eigenvalue weighted by Gasteiger charge is -2.56. The second-order valence-corrected chi connectivity index (χ2v) is 13.5. The Hall–Kier alpha value is -1.10. The highest BCUT2D eigenvalue weighted by Gasteiger charge is 2.51. The van der Waals surface area contributed by atoms with Crippen LogP contribution in [0.25, 0.3) is 0 Å². The lowest BCUT2D eigenvalue weighted by atomic mass is 9.50. The van der Waals surface area contributed by atoms with E-state index >= 15 is 0 Å². The topological polar surface area (TPSA) is 76.0 Å². The van der Waals surface area contributed by atoms with Crippen molar-refractivity contribution in [3.05, 3.63) is 24.0 Å². The molecule has 0 saturated heterocycles. The molecule has 35 heavy (non-hydrogen) atoms. The largest absolute Gasteiger partial charge is 0.493 e. The molecule has 5 nitrogen and oxygen atoms in total. The van der Waals surface area contributed by atoms with E-state index in [0.29, 0.717) is 29.9 Å². The summed E-state index contributed by atoms with van der Waals surface area (Å²) in [4.78, 5) is 17.7. The van der Waals surface area contributed by atoms with Gasteiger partial charge < -0.3 is 19.3 Å². The molecule has 0 spiro atoms. The summed E-state index contributed by atoms with van der Waals surface area (Å²) in [6.45, 7) is 1.25. The molecule has 4 bridgehead atoms. The zero-order chi connectivity index (χ0) is 24.7. The minimum Gasteiger partial charge on any atom is -0.493 e. The van der Waals surface area contributed by atoms with Crippen LogP contribution in [0.1, 0.15) is 96.3 Å². The van der Waals surface area contributed by atoms with Gasteiger partial charge in [-0.1, -0.05) is 44.9 Å².